The summed E-state index contributed by atoms with van der Waals surface area (Å²) in [4.78, 5) is 11.3. The van der Waals surface area contributed by atoms with Crippen molar-refractivity contribution < 1.29 is 14.1 Å². The molecule has 2 rings (SSSR count). The van der Waals surface area contributed by atoms with E-state index in [-0.39, 0.29) is 10.8 Å². The highest BCUT2D eigenvalue weighted by molar-refractivity contribution is 7.95. The van der Waals surface area contributed by atoms with E-state index in [1.165, 1.54) is 17.5 Å². The topological polar surface area (TPSA) is 46.5 Å². The Morgan fingerprint density at radius 2 is 1.74 bits per heavy atom. The number of carboxylic acid groups (broad SMARTS) is 1. The lowest BCUT2D eigenvalue weighted by Gasteiger charge is -2.41. The van der Waals surface area contributed by atoms with Crippen molar-refractivity contribution in [3.8, 4) is 0 Å². The first-order chi connectivity index (χ1) is 8.72. The van der Waals surface area contributed by atoms with Crippen molar-refractivity contribution in [3.05, 3.63) is 29.3 Å². The first-order valence-electron chi connectivity index (χ1n) is 6.45. The molecule has 0 saturated carbocycles. The summed E-state index contributed by atoms with van der Waals surface area (Å²) in [6.07, 6.45) is 1.05. The highest BCUT2D eigenvalue weighted by Gasteiger charge is 2.36. The van der Waals surface area contributed by atoms with Crippen LogP contribution in [0.25, 0.3) is 0 Å². The minimum atomic E-state index is -1.26. The third-order valence-electron chi connectivity index (χ3n) is 4.03. The van der Waals surface area contributed by atoms with E-state index in [0.29, 0.717) is 0 Å². The van der Waals surface area contributed by atoms with Crippen LogP contribution >= 0.6 is 12.0 Å². The van der Waals surface area contributed by atoms with E-state index in [1.54, 1.807) is 0 Å². The van der Waals surface area contributed by atoms with Crippen molar-refractivity contribution >= 4 is 18.2 Å². The lowest BCUT2D eigenvalue weighted by molar-refractivity contribution is 0.153. The molecule has 1 aromatic rings. The third-order valence-corrected chi connectivity index (χ3v) is 4.71. The number of benzene rings is 1. The molecule has 1 aliphatic rings. The van der Waals surface area contributed by atoms with Crippen LogP contribution in [0.5, 0.6) is 0 Å². The largest absolute Gasteiger partial charge is 0.518 e. The number of hydrogen-bond acceptors (Lipinski definition) is 3. The Labute approximate surface area is 118 Å². The number of hydrogen-bond donors (Lipinski definition) is 1. The first kappa shape index (κ1) is 14.3. The van der Waals surface area contributed by atoms with Gasteiger partial charge >= 0.3 is 6.16 Å². The van der Waals surface area contributed by atoms with Crippen LogP contribution in [0.4, 0.5) is 4.79 Å². The summed E-state index contributed by atoms with van der Waals surface area (Å²) in [6, 6.07) is 6.13. The predicted molar refractivity (Wildman–Crippen MR) is 76.7 cm³/mol. The smallest absolute Gasteiger partial charge is 0.449 e. The lowest BCUT2D eigenvalue weighted by Crippen LogP contribution is -2.33. The summed E-state index contributed by atoms with van der Waals surface area (Å²) in [5.74, 6) is 0. The van der Waals surface area contributed by atoms with Crippen LogP contribution in [0.3, 0.4) is 0 Å². The molecule has 104 valence electrons. The van der Waals surface area contributed by atoms with Crippen molar-refractivity contribution in [1.29, 1.82) is 0 Å². The second kappa shape index (κ2) is 4.75. The second-order valence-electron chi connectivity index (χ2n) is 6.41. The molecule has 0 amide bonds. The van der Waals surface area contributed by atoms with Gasteiger partial charge in [0.2, 0.25) is 0 Å². The maximum atomic E-state index is 10.4. The number of carbonyl (C=O) groups is 1. The van der Waals surface area contributed by atoms with E-state index in [1.807, 2.05) is 6.07 Å². The van der Waals surface area contributed by atoms with Crippen LogP contribution < -0.4 is 0 Å². The molecule has 1 aromatic carbocycles. The lowest BCUT2D eigenvalue weighted by atomic mass is 9.63. The van der Waals surface area contributed by atoms with Gasteiger partial charge in [-0.3, -0.25) is 0 Å². The molecule has 1 N–H and O–H groups in total. The fourth-order valence-electron chi connectivity index (χ4n) is 2.70. The maximum absolute atomic E-state index is 10.4. The van der Waals surface area contributed by atoms with E-state index in [4.69, 9.17) is 5.11 Å². The van der Waals surface area contributed by atoms with Gasteiger partial charge in [0, 0.05) is 4.90 Å². The van der Waals surface area contributed by atoms with Gasteiger partial charge in [-0.25, -0.2) is 4.79 Å². The quantitative estimate of drug-likeness (QED) is 0.795. The Morgan fingerprint density at radius 1 is 1.16 bits per heavy atom. The standard InChI is InChI=1S/C15H20O3S/c1-14(2)7-8-15(3,4)12-9-10(5-6-11(12)14)19-18-13(16)17/h5-6,9H,7-8H2,1-4H3,(H,16,17). The fourth-order valence-corrected chi connectivity index (χ4v) is 3.16. The van der Waals surface area contributed by atoms with Crippen molar-refractivity contribution in [3.63, 3.8) is 0 Å². The molecule has 0 heterocycles. The van der Waals surface area contributed by atoms with Crippen LogP contribution in [0, 0.1) is 0 Å². The minimum Gasteiger partial charge on any atom is -0.449 e. The van der Waals surface area contributed by atoms with Crippen molar-refractivity contribution in [2.24, 2.45) is 0 Å². The van der Waals surface area contributed by atoms with Gasteiger partial charge in [0.15, 0.2) is 0 Å². The van der Waals surface area contributed by atoms with Gasteiger partial charge in [-0.05, 0) is 46.9 Å². The van der Waals surface area contributed by atoms with Crippen LogP contribution in [-0.2, 0) is 15.0 Å². The van der Waals surface area contributed by atoms with Gasteiger partial charge in [-0.1, -0.05) is 33.8 Å². The summed E-state index contributed by atoms with van der Waals surface area (Å²) in [5.41, 5.74) is 2.98. The molecule has 0 radical (unpaired) electrons. The highest BCUT2D eigenvalue weighted by atomic mass is 32.2. The van der Waals surface area contributed by atoms with Gasteiger partial charge in [0.25, 0.3) is 0 Å². The Morgan fingerprint density at radius 3 is 2.32 bits per heavy atom. The molecule has 0 unspecified atom stereocenters. The summed E-state index contributed by atoms with van der Waals surface area (Å²) in [7, 11) is 0. The highest BCUT2D eigenvalue weighted by Crippen LogP contribution is 2.46. The van der Waals surface area contributed by atoms with Crippen LogP contribution in [-0.4, -0.2) is 11.3 Å². The van der Waals surface area contributed by atoms with Gasteiger partial charge in [0.05, 0.1) is 12.0 Å². The summed E-state index contributed by atoms with van der Waals surface area (Å²) < 4.78 is 4.57. The van der Waals surface area contributed by atoms with E-state index in [2.05, 4.69) is 44.0 Å². The van der Waals surface area contributed by atoms with Crippen LogP contribution in [0.2, 0.25) is 0 Å². The second-order valence-corrected chi connectivity index (χ2v) is 7.21. The van der Waals surface area contributed by atoms with Gasteiger partial charge in [-0.2, -0.15) is 0 Å². The molecule has 4 heteroatoms. The first-order valence-corrected chi connectivity index (χ1v) is 7.19. The Balaban J connectivity index is 2.39. The fraction of sp³-hybridized carbons (Fsp3) is 0.533. The van der Waals surface area contributed by atoms with Crippen LogP contribution in [0.15, 0.2) is 23.1 Å². The molecule has 3 nitrogen and oxygen atoms in total. The summed E-state index contributed by atoms with van der Waals surface area (Å²) in [5, 5.41) is 8.56. The molecular weight excluding hydrogens is 260 g/mol. The van der Waals surface area contributed by atoms with E-state index in [9.17, 15) is 4.79 Å². The van der Waals surface area contributed by atoms with Gasteiger partial charge < -0.3 is 9.29 Å². The predicted octanol–water partition coefficient (Wildman–Crippen LogP) is 4.74. The molecule has 0 fully saturated rings. The Bertz CT molecular complexity index is 506. The molecule has 0 aromatic heterocycles. The normalized spacial score (nSPS) is 19.6. The number of fused-ring (bicyclic) bond motifs is 1. The molecule has 0 spiro atoms. The molecule has 1 aliphatic carbocycles. The SMILES string of the molecule is CC1(C)CCC(C)(C)c2cc(SOC(=O)O)ccc21. The van der Waals surface area contributed by atoms with Crippen molar-refractivity contribution in [2.45, 2.75) is 56.3 Å². The average molecular weight is 280 g/mol. The Hall–Kier alpha value is -1.16. The third kappa shape index (κ3) is 2.89. The zero-order valence-electron chi connectivity index (χ0n) is 11.8. The number of rotatable bonds is 2. The molecule has 0 saturated heterocycles. The Kier molecular flexibility index (Phi) is 3.56. The zero-order valence-corrected chi connectivity index (χ0v) is 12.6. The van der Waals surface area contributed by atoms with Crippen molar-refractivity contribution in [1.82, 2.24) is 0 Å². The summed E-state index contributed by atoms with van der Waals surface area (Å²) >= 11 is 0.903. The van der Waals surface area contributed by atoms with Crippen molar-refractivity contribution in [2.75, 3.05) is 0 Å². The van der Waals surface area contributed by atoms with E-state index in [0.717, 1.165) is 23.4 Å². The molecule has 19 heavy (non-hydrogen) atoms. The monoisotopic (exact) mass is 280 g/mol. The average Bonchev–Trinajstić information content (AvgIpc) is 2.32. The van der Waals surface area contributed by atoms with E-state index < -0.39 is 6.16 Å². The zero-order chi connectivity index (χ0) is 14.3. The summed E-state index contributed by atoms with van der Waals surface area (Å²) in [6.45, 7) is 9.02. The van der Waals surface area contributed by atoms with Gasteiger partial charge in [-0.15, -0.1) is 0 Å². The molecular formula is C15H20O3S. The molecule has 0 atom stereocenters. The van der Waals surface area contributed by atoms with E-state index >= 15 is 0 Å². The molecule has 0 aliphatic heterocycles. The minimum absolute atomic E-state index is 0.130. The molecule has 0 bridgehead atoms. The maximum Gasteiger partial charge on any atom is 0.518 e. The van der Waals surface area contributed by atoms with Crippen LogP contribution in [0.1, 0.15) is 51.7 Å². The van der Waals surface area contributed by atoms with Gasteiger partial charge in [0.1, 0.15) is 0 Å².